The van der Waals surface area contributed by atoms with Crippen LogP contribution in [0.25, 0.3) is 21.9 Å². The number of carbonyl (C=O) groups is 1. The third-order valence-electron chi connectivity index (χ3n) is 8.55. The lowest BCUT2D eigenvalue weighted by Gasteiger charge is -2.44. The number of aryl methyl sites for hydroxylation is 1. The van der Waals surface area contributed by atoms with Gasteiger partial charge in [-0.1, -0.05) is 18.5 Å². The second-order valence-corrected chi connectivity index (χ2v) is 12.7. The highest BCUT2D eigenvalue weighted by atomic mass is 35.5. The molecule has 4 aromatic rings. The van der Waals surface area contributed by atoms with Crippen LogP contribution in [0.5, 0.6) is 0 Å². The standard InChI is InChI=1S/C28H31ClN8O2S/c1-2-18-23(29)22-24(33-18)34-27(35-25(22)36-8-5-15(30)13-36)40-16-3-4-17-19(9-16)32-20(26(38)39)10-21(17)37-11-14(12-37)28(31)6-7-28/h3-4,9-10,14-15H,2,5-8,11-13,30-31H2,1H3,(H,38,39)(H,33,34,35)/t15-/m1/s1. The summed E-state index contributed by atoms with van der Waals surface area (Å²) < 4.78 is 0. The second kappa shape index (κ2) is 9.47. The van der Waals surface area contributed by atoms with E-state index in [-0.39, 0.29) is 17.3 Å². The van der Waals surface area contributed by atoms with Gasteiger partial charge in [-0.15, -0.1) is 0 Å². The van der Waals surface area contributed by atoms with E-state index in [0.717, 1.165) is 78.2 Å². The molecule has 3 aromatic heterocycles. The minimum Gasteiger partial charge on any atom is -0.477 e. The number of nitrogens with one attached hydrogen (secondary N) is 1. The lowest BCUT2D eigenvalue weighted by atomic mass is 9.89. The van der Waals surface area contributed by atoms with E-state index < -0.39 is 5.97 Å². The molecule has 2 aliphatic heterocycles. The number of carboxylic acid groups (broad SMARTS) is 1. The highest BCUT2D eigenvalue weighted by molar-refractivity contribution is 7.99. The highest BCUT2D eigenvalue weighted by Gasteiger charge is 2.50. The Morgan fingerprint density at radius 1 is 1.20 bits per heavy atom. The summed E-state index contributed by atoms with van der Waals surface area (Å²) in [6.07, 6.45) is 3.78. The fourth-order valence-corrected chi connectivity index (χ4v) is 7.03. The van der Waals surface area contributed by atoms with Crippen molar-refractivity contribution in [2.75, 3.05) is 36.0 Å². The Labute approximate surface area is 240 Å². The number of hydrogen-bond acceptors (Lipinski definition) is 9. The SMILES string of the molecule is CCc1[nH]c2nc(Sc3ccc4c(N5CC(C6(N)CC6)C5)cc(C(=O)O)nc4c3)nc(N3CC[C@@H](N)C3)c2c1Cl. The summed E-state index contributed by atoms with van der Waals surface area (Å²) in [7, 11) is 0. The molecular formula is C28H31ClN8O2S. The number of nitrogens with two attached hydrogens (primary N) is 2. The minimum absolute atomic E-state index is 0.0282. The molecule has 7 rings (SSSR count). The average molecular weight is 579 g/mol. The molecule has 6 N–H and O–H groups in total. The Hall–Kier alpha value is -3.12. The Balaban J connectivity index is 1.25. The van der Waals surface area contributed by atoms with Crippen molar-refractivity contribution in [2.24, 2.45) is 17.4 Å². The number of aromatic carboxylic acids is 1. The van der Waals surface area contributed by atoms with Gasteiger partial charge in [0.25, 0.3) is 0 Å². The molecule has 1 aromatic carbocycles. The summed E-state index contributed by atoms with van der Waals surface area (Å²) in [4.78, 5) is 34.8. The molecule has 0 amide bonds. The third-order valence-corrected chi connectivity index (χ3v) is 9.82. The summed E-state index contributed by atoms with van der Waals surface area (Å²) >= 11 is 8.16. The molecule has 0 radical (unpaired) electrons. The van der Waals surface area contributed by atoms with E-state index in [9.17, 15) is 9.90 Å². The number of halogens is 1. The minimum atomic E-state index is -1.05. The van der Waals surface area contributed by atoms with Crippen LogP contribution in [-0.4, -0.2) is 68.8 Å². The number of benzene rings is 1. The maximum atomic E-state index is 11.9. The summed E-state index contributed by atoms with van der Waals surface area (Å²) in [5, 5.41) is 12.8. The van der Waals surface area contributed by atoms with Gasteiger partial charge in [0.1, 0.15) is 11.5 Å². The van der Waals surface area contributed by atoms with Crippen molar-refractivity contribution in [3.05, 3.63) is 40.7 Å². The Morgan fingerprint density at radius 3 is 2.67 bits per heavy atom. The van der Waals surface area contributed by atoms with E-state index in [0.29, 0.717) is 33.8 Å². The van der Waals surface area contributed by atoms with E-state index in [1.165, 1.54) is 11.8 Å². The quantitative estimate of drug-likeness (QED) is 0.237. The predicted octanol–water partition coefficient (Wildman–Crippen LogP) is 4.04. The van der Waals surface area contributed by atoms with Crippen LogP contribution in [0.2, 0.25) is 5.02 Å². The van der Waals surface area contributed by atoms with E-state index in [1.54, 1.807) is 6.07 Å². The van der Waals surface area contributed by atoms with Crippen molar-refractivity contribution in [1.29, 1.82) is 0 Å². The van der Waals surface area contributed by atoms with Gasteiger partial charge in [-0.3, -0.25) is 0 Å². The van der Waals surface area contributed by atoms with Gasteiger partial charge in [0.2, 0.25) is 0 Å². The first kappa shape index (κ1) is 25.8. The zero-order valence-corrected chi connectivity index (χ0v) is 23.7. The first-order valence-electron chi connectivity index (χ1n) is 13.7. The Kier molecular flexibility index (Phi) is 6.12. The topological polar surface area (TPSA) is 150 Å². The van der Waals surface area contributed by atoms with Crippen molar-refractivity contribution in [2.45, 2.75) is 54.2 Å². The number of aromatic nitrogens is 4. The summed E-state index contributed by atoms with van der Waals surface area (Å²) in [5.74, 6) is 0.185. The highest BCUT2D eigenvalue weighted by Crippen LogP contribution is 2.46. The number of fused-ring (bicyclic) bond motifs is 2. The van der Waals surface area contributed by atoms with Crippen LogP contribution < -0.4 is 21.3 Å². The van der Waals surface area contributed by atoms with Gasteiger partial charge < -0.3 is 31.4 Å². The van der Waals surface area contributed by atoms with Gasteiger partial charge in [-0.2, -0.15) is 0 Å². The molecule has 1 saturated carbocycles. The number of carboxylic acids is 1. The monoisotopic (exact) mass is 578 g/mol. The van der Waals surface area contributed by atoms with Crippen molar-refractivity contribution in [1.82, 2.24) is 19.9 Å². The molecule has 40 heavy (non-hydrogen) atoms. The van der Waals surface area contributed by atoms with Crippen LogP contribution in [0.4, 0.5) is 11.5 Å². The molecular weight excluding hydrogens is 548 g/mol. The normalized spacial score (nSPS) is 20.4. The first-order valence-corrected chi connectivity index (χ1v) is 14.9. The van der Waals surface area contributed by atoms with Crippen LogP contribution in [0.15, 0.2) is 34.3 Å². The number of H-pyrrole nitrogens is 1. The lowest BCUT2D eigenvalue weighted by Crippen LogP contribution is -2.56. The summed E-state index contributed by atoms with van der Waals surface area (Å²) in [6.45, 7) is 5.24. The van der Waals surface area contributed by atoms with E-state index in [2.05, 4.69) is 19.8 Å². The predicted molar refractivity (Wildman–Crippen MR) is 158 cm³/mol. The number of nitrogens with zero attached hydrogens (tertiary/aromatic N) is 5. The third kappa shape index (κ3) is 4.36. The molecule has 0 unspecified atom stereocenters. The Morgan fingerprint density at radius 2 is 2.00 bits per heavy atom. The number of pyridine rings is 1. The Bertz CT molecular complexity index is 1670. The zero-order chi connectivity index (χ0) is 27.8. The molecule has 10 nitrogen and oxygen atoms in total. The molecule has 208 valence electrons. The van der Waals surface area contributed by atoms with Gasteiger partial charge in [0.05, 0.1) is 15.9 Å². The van der Waals surface area contributed by atoms with Crippen molar-refractivity contribution in [3.8, 4) is 0 Å². The second-order valence-electron chi connectivity index (χ2n) is 11.3. The molecule has 0 spiro atoms. The van der Waals surface area contributed by atoms with Crippen LogP contribution in [0.3, 0.4) is 0 Å². The first-order chi connectivity index (χ1) is 19.2. The van der Waals surface area contributed by atoms with Gasteiger partial charge in [0.15, 0.2) is 10.9 Å². The molecule has 5 heterocycles. The van der Waals surface area contributed by atoms with E-state index in [1.807, 2.05) is 25.1 Å². The van der Waals surface area contributed by atoms with Gasteiger partial charge in [0, 0.05) is 65.3 Å². The fraction of sp³-hybridized carbons (Fsp3) is 0.429. The maximum absolute atomic E-state index is 11.9. The molecule has 2 saturated heterocycles. The number of hydrogen-bond donors (Lipinski definition) is 4. The molecule has 1 aliphatic carbocycles. The molecule has 3 fully saturated rings. The lowest BCUT2D eigenvalue weighted by molar-refractivity contribution is 0.0691. The molecule has 3 aliphatic rings. The van der Waals surface area contributed by atoms with Gasteiger partial charge in [-0.05, 0) is 61.7 Å². The van der Waals surface area contributed by atoms with Gasteiger partial charge in [-0.25, -0.2) is 19.7 Å². The van der Waals surface area contributed by atoms with Crippen LogP contribution >= 0.6 is 23.4 Å². The smallest absolute Gasteiger partial charge is 0.354 e. The number of anilines is 2. The van der Waals surface area contributed by atoms with Crippen molar-refractivity contribution in [3.63, 3.8) is 0 Å². The van der Waals surface area contributed by atoms with Crippen LogP contribution in [0, 0.1) is 5.92 Å². The van der Waals surface area contributed by atoms with E-state index >= 15 is 0 Å². The van der Waals surface area contributed by atoms with Crippen LogP contribution in [0.1, 0.15) is 42.4 Å². The molecule has 12 heteroatoms. The van der Waals surface area contributed by atoms with E-state index in [4.69, 9.17) is 33.0 Å². The number of aromatic amines is 1. The summed E-state index contributed by atoms with van der Waals surface area (Å²) in [5.41, 5.74) is 15.8. The van der Waals surface area contributed by atoms with Gasteiger partial charge >= 0.3 is 5.97 Å². The largest absolute Gasteiger partial charge is 0.477 e. The maximum Gasteiger partial charge on any atom is 0.354 e. The molecule has 1 atom stereocenters. The zero-order valence-electron chi connectivity index (χ0n) is 22.2. The van der Waals surface area contributed by atoms with Crippen molar-refractivity contribution < 1.29 is 9.90 Å². The summed E-state index contributed by atoms with van der Waals surface area (Å²) in [6, 6.07) is 7.70. The van der Waals surface area contributed by atoms with Crippen molar-refractivity contribution >= 4 is 62.8 Å². The molecule has 0 bridgehead atoms. The fourth-order valence-electron chi connectivity index (χ4n) is 5.89. The van der Waals surface area contributed by atoms with Crippen LogP contribution in [-0.2, 0) is 6.42 Å². The average Bonchev–Trinajstić information content (AvgIpc) is 3.33. The number of rotatable bonds is 7.